The van der Waals surface area contributed by atoms with Crippen molar-refractivity contribution >= 4 is 29.0 Å². The van der Waals surface area contributed by atoms with Gasteiger partial charge in [0, 0.05) is 53.7 Å². The summed E-state index contributed by atoms with van der Waals surface area (Å²) >= 11 is 1.28. The van der Waals surface area contributed by atoms with Gasteiger partial charge in [-0.3, -0.25) is 9.59 Å². The number of thioether (sulfide) groups is 1. The third-order valence-electron chi connectivity index (χ3n) is 7.87. The molecule has 3 atom stereocenters. The number of nitrogens with zero attached hydrogens (tertiary/aromatic N) is 1. The van der Waals surface area contributed by atoms with Crippen LogP contribution in [0, 0.1) is 17.7 Å². The first-order valence-electron chi connectivity index (χ1n) is 12.0. The number of allylic oxidation sites excluding steroid dienone is 1. The van der Waals surface area contributed by atoms with Crippen LogP contribution in [0.15, 0.2) is 16.5 Å². The van der Waals surface area contributed by atoms with Gasteiger partial charge in [-0.25, -0.2) is 4.39 Å². The largest absolute Gasteiger partial charge is 0.494 e. The van der Waals surface area contributed by atoms with E-state index in [0.29, 0.717) is 42.9 Å². The van der Waals surface area contributed by atoms with E-state index in [4.69, 9.17) is 16.2 Å². The quantitative estimate of drug-likeness (QED) is 0.502. The molecular formula is C25H33FN4O3S. The summed E-state index contributed by atoms with van der Waals surface area (Å²) in [6.45, 7) is 6.96. The van der Waals surface area contributed by atoms with Crippen LogP contribution in [0.5, 0.6) is 5.75 Å². The van der Waals surface area contributed by atoms with Crippen molar-refractivity contribution in [3.05, 3.63) is 33.5 Å². The highest BCUT2D eigenvalue weighted by Gasteiger charge is 2.51. The number of Topliss-reactive ketones (excluding diaryl/α,β-unsaturated/α-hetero) is 2. The Labute approximate surface area is 203 Å². The smallest absolute Gasteiger partial charge is 0.198 e. The number of carbonyl (C=O) groups excluding carboxylic acids is 2. The Balaban J connectivity index is 1.57. The van der Waals surface area contributed by atoms with E-state index in [1.807, 2.05) is 4.90 Å². The molecule has 2 aliphatic carbocycles. The third kappa shape index (κ3) is 3.68. The Kier molecular flexibility index (Phi) is 6.03. The highest BCUT2D eigenvalue weighted by molar-refractivity contribution is 8.05. The van der Waals surface area contributed by atoms with Gasteiger partial charge >= 0.3 is 0 Å². The van der Waals surface area contributed by atoms with Crippen LogP contribution in [0.3, 0.4) is 0 Å². The zero-order valence-corrected chi connectivity index (χ0v) is 20.8. The van der Waals surface area contributed by atoms with Crippen molar-refractivity contribution in [3.63, 3.8) is 0 Å². The Morgan fingerprint density at radius 2 is 2.03 bits per heavy atom. The first kappa shape index (κ1) is 23.8. The molecule has 2 heterocycles. The van der Waals surface area contributed by atoms with Crippen molar-refractivity contribution in [2.75, 3.05) is 38.2 Å². The van der Waals surface area contributed by atoms with Gasteiger partial charge in [0.25, 0.3) is 0 Å². The molecule has 1 saturated carbocycles. The molecule has 0 amide bonds. The van der Waals surface area contributed by atoms with Crippen molar-refractivity contribution in [1.29, 1.82) is 0 Å². The number of hydrogen-bond acceptors (Lipinski definition) is 8. The monoisotopic (exact) mass is 488 g/mol. The molecule has 0 radical (unpaired) electrons. The highest BCUT2D eigenvalue weighted by atomic mass is 32.2. The third-order valence-corrected chi connectivity index (χ3v) is 9.05. The lowest BCUT2D eigenvalue weighted by Gasteiger charge is -2.34. The molecule has 1 aromatic carbocycles. The lowest BCUT2D eigenvalue weighted by molar-refractivity contribution is -0.114. The van der Waals surface area contributed by atoms with Crippen LogP contribution in [0.4, 0.5) is 10.1 Å². The molecule has 1 aromatic rings. The van der Waals surface area contributed by atoms with Gasteiger partial charge in [-0.1, -0.05) is 0 Å². The fraction of sp³-hybridized carbons (Fsp3) is 0.600. The van der Waals surface area contributed by atoms with E-state index >= 15 is 4.39 Å². The maximum Gasteiger partial charge on any atom is 0.198 e. The second-order valence-corrected chi connectivity index (χ2v) is 11.5. The van der Waals surface area contributed by atoms with E-state index in [1.165, 1.54) is 24.9 Å². The lowest BCUT2D eigenvalue weighted by Crippen LogP contribution is -2.48. The summed E-state index contributed by atoms with van der Waals surface area (Å²) in [6.07, 6.45) is 2.91. The summed E-state index contributed by atoms with van der Waals surface area (Å²) in [7, 11) is 1.54. The number of methoxy groups -OCH3 is 1. The van der Waals surface area contributed by atoms with Crippen molar-refractivity contribution in [1.82, 2.24) is 5.32 Å². The lowest BCUT2D eigenvalue weighted by atomic mass is 9.78. The molecule has 1 saturated heterocycles. The SMILES string of the molecule is COc1c2c(cc(F)c1N1CC[C@@H](C(C)(C)NCCN)C1)C(=O)C1=C(SC(N)C1=O)C2C1CC1. The molecule has 0 aromatic heterocycles. The number of ether oxygens (including phenoxy) is 1. The molecule has 9 heteroatoms. The Hall–Kier alpha value is -1.94. The average Bonchev–Trinajstić information content (AvgIpc) is 3.43. The summed E-state index contributed by atoms with van der Waals surface area (Å²) in [4.78, 5) is 28.9. The molecule has 5 N–H and O–H groups in total. The fourth-order valence-corrected chi connectivity index (χ4v) is 7.10. The first-order valence-corrected chi connectivity index (χ1v) is 12.9. The molecule has 5 rings (SSSR count). The van der Waals surface area contributed by atoms with Gasteiger partial charge in [0.2, 0.25) is 0 Å². The molecular weight excluding hydrogens is 455 g/mol. The fourth-order valence-electron chi connectivity index (χ4n) is 5.83. The van der Waals surface area contributed by atoms with Gasteiger partial charge in [0.1, 0.15) is 16.8 Å². The van der Waals surface area contributed by atoms with Crippen molar-refractivity contribution in [2.24, 2.45) is 23.3 Å². The predicted octanol–water partition coefficient (Wildman–Crippen LogP) is 2.53. The molecule has 2 aliphatic heterocycles. The maximum atomic E-state index is 15.7. The summed E-state index contributed by atoms with van der Waals surface area (Å²) in [5.41, 5.74) is 13.1. The first-order chi connectivity index (χ1) is 16.2. The van der Waals surface area contributed by atoms with E-state index < -0.39 is 17.0 Å². The normalized spacial score (nSPS) is 26.9. The number of carbonyl (C=O) groups is 2. The van der Waals surface area contributed by atoms with Gasteiger partial charge in [0.15, 0.2) is 17.4 Å². The van der Waals surface area contributed by atoms with Crippen LogP contribution in [0.25, 0.3) is 0 Å². The summed E-state index contributed by atoms with van der Waals surface area (Å²) in [5.74, 6) is -0.384. The molecule has 2 unspecified atom stereocenters. The van der Waals surface area contributed by atoms with Gasteiger partial charge in [-0.15, -0.1) is 11.8 Å². The number of nitrogens with two attached hydrogens (primary N) is 2. The summed E-state index contributed by atoms with van der Waals surface area (Å²) in [6, 6.07) is 1.32. The molecule has 2 fully saturated rings. The minimum absolute atomic E-state index is 0.144. The van der Waals surface area contributed by atoms with Crippen molar-refractivity contribution < 1.29 is 18.7 Å². The van der Waals surface area contributed by atoms with E-state index in [9.17, 15) is 9.59 Å². The van der Waals surface area contributed by atoms with Gasteiger partial charge < -0.3 is 26.4 Å². The molecule has 184 valence electrons. The van der Waals surface area contributed by atoms with Crippen LogP contribution in [-0.4, -0.2) is 55.8 Å². The Bertz CT molecular complexity index is 1080. The van der Waals surface area contributed by atoms with Crippen molar-refractivity contribution in [3.8, 4) is 5.75 Å². The van der Waals surface area contributed by atoms with Crippen molar-refractivity contribution in [2.45, 2.75) is 49.9 Å². The molecule has 7 nitrogen and oxygen atoms in total. The average molecular weight is 489 g/mol. The van der Waals surface area contributed by atoms with E-state index in [1.54, 1.807) is 0 Å². The zero-order chi connectivity index (χ0) is 24.4. The molecule has 0 bridgehead atoms. The summed E-state index contributed by atoms with van der Waals surface area (Å²) in [5, 5.41) is 2.74. The molecule has 4 aliphatic rings. The molecule has 34 heavy (non-hydrogen) atoms. The van der Waals surface area contributed by atoms with E-state index in [0.717, 1.165) is 36.3 Å². The standard InChI is InChI=1S/C25H33FN4O3S/c1-25(2,29-8-7-27)13-6-9-30(11-13)19-15(26)10-14-17(22(19)33-3)16(12-4-5-12)23-18(20(14)31)21(32)24(28)34-23/h10,12-13,16,24,29H,4-9,11,27-28H2,1-3H3/t13-,16?,24?/m1/s1. The predicted molar refractivity (Wildman–Crippen MR) is 132 cm³/mol. The van der Waals surface area contributed by atoms with Gasteiger partial charge in [0.05, 0.1) is 12.7 Å². The zero-order valence-electron chi connectivity index (χ0n) is 19.9. The molecule has 0 spiro atoms. The van der Waals surface area contributed by atoms with Crippen LogP contribution in [0.1, 0.15) is 54.9 Å². The highest BCUT2D eigenvalue weighted by Crippen LogP contribution is 2.60. The number of halogens is 1. The van der Waals surface area contributed by atoms with Crippen LogP contribution in [-0.2, 0) is 4.79 Å². The summed E-state index contributed by atoms with van der Waals surface area (Å²) < 4.78 is 21.6. The van der Waals surface area contributed by atoms with Crippen LogP contribution < -0.4 is 26.4 Å². The number of nitrogens with one attached hydrogen (secondary N) is 1. The van der Waals surface area contributed by atoms with E-state index in [-0.39, 0.29) is 28.4 Å². The van der Waals surface area contributed by atoms with Crippen LogP contribution in [0.2, 0.25) is 0 Å². The number of fused-ring (bicyclic) bond motifs is 1. The number of rotatable bonds is 7. The van der Waals surface area contributed by atoms with Crippen LogP contribution >= 0.6 is 11.8 Å². The minimum Gasteiger partial charge on any atom is -0.494 e. The maximum absolute atomic E-state index is 15.7. The number of anilines is 1. The minimum atomic E-state index is -0.776. The number of hydrogen-bond donors (Lipinski definition) is 3. The topological polar surface area (TPSA) is 111 Å². The number of ketones is 2. The Morgan fingerprint density at radius 1 is 1.29 bits per heavy atom. The van der Waals surface area contributed by atoms with Gasteiger partial charge in [-0.2, -0.15) is 0 Å². The number of benzene rings is 1. The second kappa shape index (κ2) is 8.62. The van der Waals surface area contributed by atoms with Gasteiger partial charge in [-0.05, 0) is 51.0 Å². The van der Waals surface area contributed by atoms with E-state index in [2.05, 4.69) is 19.2 Å². The Morgan fingerprint density at radius 3 is 2.68 bits per heavy atom. The second-order valence-electron chi connectivity index (χ2n) is 10.4.